The molecule has 24 heavy (non-hydrogen) atoms. The summed E-state index contributed by atoms with van der Waals surface area (Å²) in [7, 11) is 0. The Balaban J connectivity index is 2.13. The van der Waals surface area contributed by atoms with Gasteiger partial charge in [0.1, 0.15) is 18.0 Å². The van der Waals surface area contributed by atoms with E-state index < -0.39 is 0 Å². The smallest absolute Gasteiger partial charge is 0.135 e. The Bertz CT molecular complexity index is 606. The molecule has 0 amide bonds. The largest absolute Gasteiger partial charge is 0.356 e. The van der Waals surface area contributed by atoms with Gasteiger partial charge in [-0.15, -0.1) is 0 Å². The summed E-state index contributed by atoms with van der Waals surface area (Å²) in [5, 5.41) is 3.35. The van der Waals surface area contributed by atoms with Crippen LogP contribution in [0.2, 0.25) is 0 Å². The van der Waals surface area contributed by atoms with Gasteiger partial charge in [0.25, 0.3) is 0 Å². The molecule has 0 aliphatic carbocycles. The molecule has 0 unspecified atom stereocenters. The van der Waals surface area contributed by atoms with E-state index in [1.54, 1.807) is 6.33 Å². The van der Waals surface area contributed by atoms with Gasteiger partial charge in [-0.3, -0.25) is 0 Å². The van der Waals surface area contributed by atoms with Gasteiger partial charge in [-0.1, -0.05) is 38.8 Å². The third-order valence-electron chi connectivity index (χ3n) is 3.97. The monoisotopic (exact) mass is 327 g/mol. The lowest BCUT2D eigenvalue weighted by Crippen LogP contribution is -2.26. The van der Waals surface area contributed by atoms with Gasteiger partial charge in [0.15, 0.2) is 0 Å². The highest BCUT2D eigenvalue weighted by Gasteiger charge is 2.08. The second-order valence-corrected chi connectivity index (χ2v) is 5.99. The number of hydrogen-bond acceptors (Lipinski definition) is 5. The SMILES string of the molecule is CCCCN(CCCC)c1cc(Nc2cccc(CN)c2)ncn1. The van der Waals surface area contributed by atoms with Crippen LogP contribution in [0.1, 0.15) is 45.1 Å². The third kappa shape index (κ3) is 5.49. The van der Waals surface area contributed by atoms with Crippen LogP contribution in [0.3, 0.4) is 0 Å². The van der Waals surface area contributed by atoms with E-state index in [4.69, 9.17) is 5.73 Å². The minimum Gasteiger partial charge on any atom is -0.356 e. The lowest BCUT2D eigenvalue weighted by atomic mass is 10.2. The van der Waals surface area contributed by atoms with Gasteiger partial charge < -0.3 is 16.0 Å². The molecule has 5 heteroatoms. The molecule has 5 nitrogen and oxygen atoms in total. The van der Waals surface area contributed by atoms with Crippen LogP contribution in [0.5, 0.6) is 0 Å². The highest BCUT2D eigenvalue weighted by atomic mass is 15.2. The Labute approximate surface area is 145 Å². The van der Waals surface area contributed by atoms with Crippen molar-refractivity contribution in [3.05, 3.63) is 42.2 Å². The van der Waals surface area contributed by atoms with Crippen molar-refractivity contribution in [2.75, 3.05) is 23.3 Å². The number of benzene rings is 1. The number of nitrogens with zero attached hydrogens (tertiary/aromatic N) is 3. The molecule has 1 heterocycles. The minimum absolute atomic E-state index is 0.534. The Morgan fingerprint density at radius 1 is 1.04 bits per heavy atom. The van der Waals surface area contributed by atoms with Crippen LogP contribution < -0.4 is 16.0 Å². The van der Waals surface area contributed by atoms with Crippen LogP contribution in [0, 0.1) is 0 Å². The highest BCUT2D eigenvalue weighted by Crippen LogP contribution is 2.20. The van der Waals surface area contributed by atoms with Gasteiger partial charge in [-0.05, 0) is 30.5 Å². The number of nitrogens with one attached hydrogen (secondary N) is 1. The molecule has 0 spiro atoms. The van der Waals surface area contributed by atoms with E-state index in [1.165, 1.54) is 25.7 Å². The molecule has 3 N–H and O–H groups in total. The van der Waals surface area contributed by atoms with Crippen molar-refractivity contribution in [3.8, 4) is 0 Å². The van der Waals surface area contributed by atoms with Crippen LogP contribution in [0.25, 0.3) is 0 Å². The maximum Gasteiger partial charge on any atom is 0.135 e. The van der Waals surface area contributed by atoms with E-state index >= 15 is 0 Å². The summed E-state index contributed by atoms with van der Waals surface area (Å²) >= 11 is 0. The molecule has 1 aromatic carbocycles. The summed E-state index contributed by atoms with van der Waals surface area (Å²) in [5.41, 5.74) is 7.80. The van der Waals surface area contributed by atoms with Crippen molar-refractivity contribution in [2.45, 2.75) is 46.1 Å². The molecule has 0 aliphatic rings. The lowest BCUT2D eigenvalue weighted by molar-refractivity contribution is 0.670. The molecule has 0 radical (unpaired) electrons. The molecular weight excluding hydrogens is 298 g/mol. The van der Waals surface area contributed by atoms with Crippen molar-refractivity contribution >= 4 is 17.3 Å². The standard InChI is InChI=1S/C19H29N5/c1-3-5-10-24(11-6-4-2)19-13-18(21-15-22-19)23-17-9-7-8-16(12-17)14-20/h7-9,12-13,15H,3-6,10-11,14,20H2,1-2H3,(H,21,22,23). The van der Waals surface area contributed by atoms with Crippen molar-refractivity contribution in [1.29, 1.82) is 0 Å². The molecule has 0 aliphatic heterocycles. The Kier molecular flexibility index (Phi) is 7.49. The second-order valence-electron chi connectivity index (χ2n) is 5.99. The average Bonchev–Trinajstić information content (AvgIpc) is 2.62. The summed E-state index contributed by atoms with van der Waals surface area (Å²) in [6.45, 7) is 7.04. The number of anilines is 3. The molecule has 0 saturated carbocycles. The van der Waals surface area contributed by atoms with Crippen molar-refractivity contribution in [1.82, 2.24) is 9.97 Å². The van der Waals surface area contributed by atoms with E-state index in [-0.39, 0.29) is 0 Å². The zero-order chi connectivity index (χ0) is 17.2. The van der Waals surface area contributed by atoms with E-state index in [0.717, 1.165) is 36.0 Å². The van der Waals surface area contributed by atoms with E-state index in [9.17, 15) is 0 Å². The zero-order valence-corrected chi connectivity index (χ0v) is 14.8. The molecule has 1 aromatic heterocycles. The van der Waals surface area contributed by atoms with Crippen molar-refractivity contribution < 1.29 is 0 Å². The van der Waals surface area contributed by atoms with Crippen LogP contribution in [-0.2, 0) is 6.54 Å². The first-order valence-electron chi connectivity index (χ1n) is 8.89. The van der Waals surface area contributed by atoms with Crippen molar-refractivity contribution in [3.63, 3.8) is 0 Å². The maximum atomic E-state index is 5.71. The first-order valence-corrected chi connectivity index (χ1v) is 8.89. The number of nitrogens with two attached hydrogens (primary N) is 1. The van der Waals surface area contributed by atoms with Crippen LogP contribution in [0.4, 0.5) is 17.3 Å². The lowest BCUT2D eigenvalue weighted by Gasteiger charge is -2.23. The second kappa shape index (κ2) is 9.88. The Morgan fingerprint density at radius 2 is 1.79 bits per heavy atom. The number of rotatable bonds is 10. The molecule has 0 fully saturated rings. The van der Waals surface area contributed by atoms with Gasteiger partial charge >= 0.3 is 0 Å². The number of aromatic nitrogens is 2. The van der Waals surface area contributed by atoms with Crippen LogP contribution in [0.15, 0.2) is 36.7 Å². The minimum atomic E-state index is 0.534. The summed E-state index contributed by atoms with van der Waals surface area (Å²) in [6, 6.07) is 10.1. The number of hydrogen-bond donors (Lipinski definition) is 2. The predicted molar refractivity (Wildman–Crippen MR) is 102 cm³/mol. The van der Waals surface area contributed by atoms with E-state index in [0.29, 0.717) is 6.54 Å². The van der Waals surface area contributed by atoms with E-state index in [2.05, 4.69) is 34.0 Å². The fourth-order valence-corrected chi connectivity index (χ4v) is 2.55. The van der Waals surface area contributed by atoms with Gasteiger partial charge in [0, 0.05) is 31.4 Å². The van der Waals surface area contributed by atoms with Gasteiger partial charge in [0.05, 0.1) is 0 Å². The highest BCUT2D eigenvalue weighted by molar-refractivity contribution is 5.60. The molecular formula is C19H29N5. The molecule has 0 saturated heterocycles. The summed E-state index contributed by atoms with van der Waals surface area (Å²) in [5.74, 6) is 1.80. The van der Waals surface area contributed by atoms with Crippen LogP contribution in [-0.4, -0.2) is 23.1 Å². The fraction of sp³-hybridized carbons (Fsp3) is 0.474. The fourth-order valence-electron chi connectivity index (χ4n) is 2.55. The van der Waals surface area contributed by atoms with Gasteiger partial charge in [0.2, 0.25) is 0 Å². The summed E-state index contributed by atoms with van der Waals surface area (Å²) in [4.78, 5) is 11.2. The summed E-state index contributed by atoms with van der Waals surface area (Å²) < 4.78 is 0. The average molecular weight is 327 g/mol. The predicted octanol–water partition coefficient (Wildman–Crippen LogP) is 4.09. The molecule has 2 rings (SSSR count). The Morgan fingerprint density at radius 3 is 2.46 bits per heavy atom. The topological polar surface area (TPSA) is 67.1 Å². The van der Waals surface area contributed by atoms with Crippen LogP contribution >= 0.6 is 0 Å². The van der Waals surface area contributed by atoms with Gasteiger partial charge in [-0.25, -0.2) is 9.97 Å². The zero-order valence-electron chi connectivity index (χ0n) is 14.8. The number of unbranched alkanes of at least 4 members (excludes halogenated alkanes) is 2. The molecule has 2 aromatic rings. The third-order valence-corrected chi connectivity index (χ3v) is 3.97. The molecule has 0 bridgehead atoms. The Hall–Kier alpha value is -2.14. The van der Waals surface area contributed by atoms with Crippen molar-refractivity contribution in [2.24, 2.45) is 5.73 Å². The quantitative estimate of drug-likeness (QED) is 0.688. The molecule has 0 atom stereocenters. The first-order chi connectivity index (χ1) is 11.8. The van der Waals surface area contributed by atoms with E-state index in [1.807, 2.05) is 30.3 Å². The van der Waals surface area contributed by atoms with Gasteiger partial charge in [-0.2, -0.15) is 0 Å². The maximum absolute atomic E-state index is 5.71. The normalized spacial score (nSPS) is 10.6. The first kappa shape index (κ1) is 18.2. The molecule has 130 valence electrons. The summed E-state index contributed by atoms with van der Waals surface area (Å²) in [6.07, 6.45) is 6.36.